The average Bonchev–Trinajstić information content (AvgIpc) is 2.83. The standard InChI is InChI=1S/C13H12ClFN2O2S/c1-13(2,19)10-6-16-12(20-10)11(18)17-7-3-4-9(15)8(14)5-7/h3-6,19H,1-2H3,(H,17,18). The van der Waals surface area contributed by atoms with Gasteiger partial charge in [0.2, 0.25) is 0 Å². The number of halogens is 2. The second kappa shape index (κ2) is 5.47. The summed E-state index contributed by atoms with van der Waals surface area (Å²) in [7, 11) is 0. The minimum atomic E-state index is -1.05. The number of carbonyl (C=O) groups excluding carboxylic acids is 1. The maximum Gasteiger partial charge on any atom is 0.284 e. The molecule has 0 saturated heterocycles. The highest BCUT2D eigenvalue weighted by Gasteiger charge is 2.21. The van der Waals surface area contributed by atoms with E-state index in [-0.39, 0.29) is 10.0 Å². The summed E-state index contributed by atoms with van der Waals surface area (Å²) < 4.78 is 13.0. The molecular formula is C13H12ClFN2O2S. The van der Waals surface area contributed by atoms with E-state index in [2.05, 4.69) is 10.3 Å². The lowest BCUT2D eigenvalue weighted by Crippen LogP contribution is -2.13. The van der Waals surface area contributed by atoms with Crippen molar-refractivity contribution in [1.82, 2.24) is 4.98 Å². The fraction of sp³-hybridized carbons (Fsp3) is 0.231. The van der Waals surface area contributed by atoms with E-state index in [0.717, 1.165) is 11.3 Å². The smallest absolute Gasteiger partial charge is 0.284 e. The van der Waals surface area contributed by atoms with E-state index in [1.54, 1.807) is 13.8 Å². The molecule has 0 atom stereocenters. The highest BCUT2D eigenvalue weighted by atomic mass is 35.5. The Labute approximate surface area is 124 Å². The van der Waals surface area contributed by atoms with Gasteiger partial charge in [0, 0.05) is 11.9 Å². The Morgan fingerprint density at radius 2 is 2.20 bits per heavy atom. The first-order valence-corrected chi connectivity index (χ1v) is 6.92. The van der Waals surface area contributed by atoms with Crippen LogP contribution in [0.1, 0.15) is 28.5 Å². The number of rotatable bonds is 3. The molecule has 20 heavy (non-hydrogen) atoms. The van der Waals surface area contributed by atoms with E-state index in [0.29, 0.717) is 10.6 Å². The number of thiazole rings is 1. The number of benzene rings is 1. The fourth-order valence-electron chi connectivity index (χ4n) is 1.42. The van der Waals surface area contributed by atoms with Gasteiger partial charge in [-0.2, -0.15) is 0 Å². The lowest BCUT2D eigenvalue weighted by Gasteiger charge is -2.13. The summed E-state index contributed by atoms with van der Waals surface area (Å²) in [5.41, 5.74) is -0.670. The highest BCUT2D eigenvalue weighted by molar-refractivity contribution is 7.13. The van der Waals surface area contributed by atoms with Crippen molar-refractivity contribution in [3.05, 3.63) is 45.1 Å². The molecule has 106 valence electrons. The molecule has 7 heteroatoms. The molecule has 2 aromatic rings. The topological polar surface area (TPSA) is 62.2 Å². The Morgan fingerprint density at radius 3 is 2.75 bits per heavy atom. The van der Waals surface area contributed by atoms with Crippen LogP contribution in [0.3, 0.4) is 0 Å². The maximum absolute atomic E-state index is 13.0. The average molecular weight is 315 g/mol. The number of hydrogen-bond acceptors (Lipinski definition) is 4. The van der Waals surface area contributed by atoms with Gasteiger partial charge in [0.15, 0.2) is 5.01 Å². The molecule has 0 aliphatic heterocycles. The molecule has 1 aromatic heterocycles. The minimum absolute atomic E-state index is 0.0703. The van der Waals surface area contributed by atoms with Crippen molar-refractivity contribution in [2.45, 2.75) is 19.4 Å². The summed E-state index contributed by atoms with van der Waals surface area (Å²) in [6.45, 7) is 3.23. The quantitative estimate of drug-likeness (QED) is 0.912. The van der Waals surface area contributed by atoms with Crippen LogP contribution in [0.25, 0.3) is 0 Å². The molecule has 0 fully saturated rings. The first-order valence-electron chi connectivity index (χ1n) is 5.72. The number of aromatic nitrogens is 1. The van der Waals surface area contributed by atoms with E-state index >= 15 is 0 Å². The van der Waals surface area contributed by atoms with Gasteiger partial charge in [-0.25, -0.2) is 9.37 Å². The molecular weight excluding hydrogens is 303 g/mol. The van der Waals surface area contributed by atoms with E-state index < -0.39 is 17.3 Å². The highest BCUT2D eigenvalue weighted by Crippen LogP contribution is 2.26. The molecule has 2 rings (SSSR count). The van der Waals surface area contributed by atoms with Gasteiger partial charge < -0.3 is 10.4 Å². The minimum Gasteiger partial charge on any atom is -0.385 e. The number of aliphatic hydroxyl groups is 1. The van der Waals surface area contributed by atoms with Crippen molar-refractivity contribution in [2.75, 3.05) is 5.32 Å². The number of nitrogens with zero attached hydrogens (tertiary/aromatic N) is 1. The van der Waals surface area contributed by atoms with Gasteiger partial charge in [-0.3, -0.25) is 4.79 Å². The van der Waals surface area contributed by atoms with Crippen LogP contribution < -0.4 is 5.32 Å². The van der Waals surface area contributed by atoms with Gasteiger partial charge in [0.05, 0.1) is 15.5 Å². The Balaban J connectivity index is 2.16. The third-order valence-electron chi connectivity index (χ3n) is 2.48. The zero-order valence-corrected chi connectivity index (χ0v) is 12.3. The predicted octanol–water partition coefficient (Wildman–Crippen LogP) is 3.42. The first kappa shape index (κ1) is 14.9. The molecule has 0 aliphatic rings. The molecule has 0 unspecified atom stereocenters. The molecule has 2 N–H and O–H groups in total. The van der Waals surface area contributed by atoms with Crippen molar-refractivity contribution in [3.8, 4) is 0 Å². The van der Waals surface area contributed by atoms with Crippen molar-refractivity contribution >= 4 is 34.5 Å². The zero-order valence-electron chi connectivity index (χ0n) is 10.8. The molecule has 0 bridgehead atoms. The Kier molecular flexibility index (Phi) is 4.08. The monoisotopic (exact) mass is 314 g/mol. The third-order valence-corrected chi connectivity index (χ3v) is 4.08. The van der Waals surface area contributed by atoms with E-state index in [4.69, 9.17) is 11.6 Å². The Bertz CT molecular complexity index is 652. The molecule has 0 aliphatic carbocycles. The van der Waals surface area contributed by atoms with E-state index in [9.17, 15) is 14.3 Å². The first-order chi connectivity index (χ1) is 9.27. The predicted molar refractivity (Wildman–Crippen MR) is 76.7 cm³/mol. The van der Waals surface area contributed by atoms with Crippen molar-refractivity contribution < 1.29 is 14.3 Å². The lowest BCUT2D eigenvalue weighted by molar-refractivity contribution is 0.0823. The second-order valence-electron chi connectivity index (χ2n) is 4.67. The van der Waals surface area contributed by atoms with Crippen molar-refractivity contribution in [3.63, 3.8) is 0 Å². The summed E-state index contributed by atoms with van der Waals surface area (Å²) >= 11 is 6.73. The molecule has 0 radical (unpaired) electrons. The number of hydrogen-bond donors (Lipinski definition) is 2. The van der Waals surface area contributed by atoms with Gasteiger partial charge in [-0.1, -0.05) is 11.6 Å². The summed E-state index contributed by atoms with van der Waals surface area (Å²) in [4.78, 5) is 16.5. The molecule has 0 spiro atoms. The Hall–Kier alpha value is -1.50. The maximum atomic E-state index is 13.0. The molecule has 1 amide bonds. The number of nitrogens with one attached hydrogen (secondary N) is 1. The van der Waals surface area contributed by atoms with Crippen LogP contribution >= 0.6 is 22.9 Å². The van der Waals surface area contributed by atoms with E-state index in [1.165, 1.54) is 24.4 Å². The van der Waals surface area contributed by atoms with Crippen molar-refractivity contribution in [2.24, 2.45) is 0 Å². The fourth-order valence-corrected chi connectivity index (χ4v) is 2.41. The van der Waals surface area contributed by atoms with Crippen LogP contribution in [0, 0.1) is 5.82 Å². The molecule has 1 aromatic carbocycles. The van der Waals surface area contributed by atoms with Crippen LogP contribution in [-0.4, -0.2) is 16.0 Å². The summed E-state index contributed by atoms with van der Waals surface area (Å²) in [6.07, 6.45) is 1.46. The van der Waals surface area contributed by atoms with Crippen LogP contribution in [0.5, 0.6) is 0 Å². The molecule has 4 nitrogen and oxygen atoms in total. The molecule has 1 heterocycles. The second-order valence-corrected chi connectivity index (χ2v) is 6.11. The normalized spacial score (nSPS) is 11.4. The van der Waals surface area contributed by atoms with Gasteiger partial charge in [0.25, 0.3) is 5.91 Å². The van der Waals surface area contributed by atoms with Gasteiger partial charge >= 0.3 is 0 Å². The number of amides is 1. The van der Waals surface area contributed by atoms with Crippen LogP contribution in [0.4, 0.5) is 10.1 Å². The van der Waals surface area contributed by atoms with Gasteiger partial charge in [0.1, 0.15) is 5.82 Å². The van der Waals surface area contributed by atoms with Crippen LogP contribution in [0.15, 0.2) is 24.4 Å². The summed E-state index contributed by atoms with van der Waals surface area (Å²) in [5.74, 6) is -0.989. The van der Waals surface area contributed by atoms with E-state index in [1.807, 2.05) is 0 Å². The van der Waals surface area contributed by atoms with Crippen LogP contribution in [0.2, 0.25) is 5.02 Å². The number of anilines is 1. The third kappa shape index (κ3) is 3.33. The Morgan fingerprint density at radius 1 is 1.50 bits per heavy atom. The number of carbonyl (C=O) groups is 1. The lowest BCUT2D eigenvalue weighted by atomic mass is 10.1. The largest absolute Gasteiger partial charge is 0.385 e. The van der Waals surface area contributed by atoms with Gasteiger partial charge in [-0.15, -0.1) is 11.3 Å². The van der Waals surface area contributed by atoms with Crippen LogP contribution in [-0.2, 0) is 5.60 Å². The van der Waals surface area contributed by atoms with Crippen molar-refractivity contribution in [1.29, 1.82) is 0 Å². The summed E-state index contributed by atoms with van der Waals surface area (Å²) in [6, 6.07) is 3.89. The SMILES string of the molecule is CC(C)(O)c1cnc(C(=O)Nc2ccc(F)c(Cl)c2)s1. The zero-order chi connectivity index (χ0) is 14.9. The van der Waals surface area contributed by atoms with Gasteiger partial charge in [-0.05, 0) is 32.0 Å². The molecule has 0 saturated carbocycles. The summed E-state index contributed by atoms with van der Waals surface area (Å²) in [5, 5.41) is 12.5.